The Hall–Kier alpha value is -0.630. The Labute approximate surface area is 114 Å². The first-order valence-electron chi connectivity index (χ1n) is 5.80. The summed E-state index contributed by atoms with van der Waals surface area (Å²) in [6, 6.07) is 0. The van der Waals surface area contributed by atoms with Crippen molar-refractivity contribution in [3.63, 3.8) is 0 Å². The van der Waals surface area contributed by atoms with E-state index in [-0.39, 0.29) is 17.4 Å². The first-order valence-corrected chi connectivity index (χ1v) is 7.24. The molecule has 0 atom stereocenters. The van der Waals surface area contributed by atoms with Crippen LogP contribution in [0.2, 0.25) is 0 Å². The summed E-state index contributed by atoms with van der Waals surface area (Å²) in [5, 5.41) is 3.30. The fourth-order valence-corrected chi connectivity index (χ4v) is 3.38. The van der Waals surface area contributed by atoms with Gasteiger partial charge in [0, 0.05) is 38.9 Å². The quantitative estimate of drug-likeness (QED) is 0.866. The van der Waals surface area contributed by atoms with Crippen LogP contribution in [0.4, 0.5) is 0 Å². The first-order chi connectivity index (χ1) is 8.05. The van der Waals surface area contributed by atoms with Gasteiger partial charge in [-0.3, -0.25) is 0 Å². The molecule has 6 nitrogen and oxygen atoms in total. The minimum atomic E-state index is -3.41. The van der Waals surface area contributed by atoms with E-state index in [4.69, 9.17) is 0 Å². The van der Waals surface area contributed by atoms with Crippen LogP contribution in [-0.2, 0) is 16.6 Å². The number of nitrogens with zero attached hydrogens (tertiary/aromatic N) is 3. The Morgan fingerprint density at radius 3 is 2.50 bits per heavy atom. The summed E-state index contributed by atoms with van der Waals surface area (Å²) in [5.41, 5.74) is 0. The zero-order valence-corrected chi connectivity index (χ0v) is 12.2. The van der Waals surface area contributed by atoms with Crippen LogP contribution in [0.25, 0.3) is 0 Å². The zero-order valence-electron chi connectivity index (χ0n) is 10.6. The van der Waals surface area contributed by atoms with Gasteiger partial charge in [0.2, 0.25) is 0 Å². The van der Waals surface area contributed by atoms with Gasteiger partial charge in [0.25, 0.3) is 10.0 Å². The molecule has 8 heteroatoms. The van der Waals surface area contributed by atoms with Crippen LogP contribution in [0, 0.1) is 6.92 Å². The second-order valence-electron chi connectivity index (χ2n) is 4.07. The van der Waals surface area contributed by atoms with Gasteiger partial charge in [-0.15, -0.1) is 12.4 Å². The van der Waals surface area contributed by atoms with Crippen LogP contribution in [0.1, 0.15) is 12.7 Å². The SMILES string of the molecule is CCn1cc(S(=O)(=O)N2CCNCC2)nc1C.Cl. The highest BCUT2D eigenvalue weighted by atomic mass is 35.5. The Balaban J connectivity index is 0.00000162. The molecule has 0 aliphatic carbocycles. The predicted octanol–water partition coefficient (Wildman–Crippen LogP) is 0.227. The number of aryl methyl sites for hydroxylation is 2. The lowest BCUT2D eigenvalue weighted by atomic mass is 10.4. The van der Waals surface area contributed by atoms with Crippen molar-refractivity contribution < 1.29 is 8.42 Å². The van der Waals surface area contributed by atoms with Crippen molar-refractivity contribution in [3.8, 4) is 0 Å². The largest absolute Gasteiger partial charge is 0.334 e. The zero-order chi connectivity index (χ0) is 12.5. The molecule has 0 unspecified atom stereocenters. The lowest BCUT2D eigenvalue weighted by Gasteiger charge is -2.25. The summed E-state index contributed by atoms with van der Waals surface area (Å²) < 4.78 is 27.9. The van der Waals surface area contributed by atoms with Crippen molar-refractivity contribution in [2.24, 2.45) is 0 Å². The Morgan fingerprint density at radius 1 is 1.39 bits per heavy atom. The van der Waals surface area contributed by atoms with Crippen molar-refractivity contribution in [1.29, 1.82) is 0 Å². The molecule has 0 amide bonds. The number of hydrogen-bond donors (Lipinski definition) is 1. The Bertz CT molecular complexity index is 494. The van der Waals surface area contributed by atoms with E-state index >= 15 is 0 Å². The van der Waals surface area contributed by atoms with Gasteiger partial charge in [-0.05, 0) is 13.8 Å². The van der Waals surface area contributed by atoms with Crippen molar-refractivity contribution in [3.05, 3.63) is 12.0 Å². The molecule has 2 rings (SSSR count). The molecule has 1 aromatic rings. The lowest BCUT2D eigenvalue weighted by molar-refractivity contribution is 0.359. The second-order valence-corrected chi connectivity index (χ2v) is 5.95. The molecule has 0 radical (unpaired) electrons. The molecule has 0 spiro atoms. The summed E-state index contributed by atoms with van der Waals surface area (Å²) in [6.45, 7) is 6.95. The minimum absolute atomic E-state index is 0. The molecule has 1 N–H and O–H groups in total. The number of sulfonamides is 1. The van der Waals surface area contributed by atoms with E-state index in [0.717, 1.165) is 12.4 Å². The number of imidazole rings is 1. The molecule has 1 fully saturated rings. The molecule has 1 aliphatic rings. The maximum Gasteiger partial charge on any atom is 0.262 e. The first kappa shape index (κ1) is 15.4. The molecule has 2 heterocycles. The summed E-state index contributed by atoms with van der Waals surface area (Å²) >= 11 is 0. The Kier molecular flexibility index (Phi) is 5.15. The molecular weight excluding hydrogens is 276 g/mol. The molecule has 18 heavy (non-hydrogen) atoms. The van der Waals surface area contributed by atoms with Gasteiger partial charge in [-0.1, -0.05) is 0 Å². The van der Waals surface area contributed by atoms with Gasteiger partial charge in [0.1, 0.15) is 5.82 Å². The van der Waals surface area contributed by atoms with Gasteiger partial charge in [0.15, 0.2) is 5.03 Å². The highest BCUT2D eigenvalue weighted by molar-refractivity contribution is 7.89. The molecule has 1 saturated heterocycles. The van der Waals surface area contributed by atoms with E-state index in [9.17, 15) is 8.42 Å². The molecule has 0 aromatic carbocycles. The smallest absolute Gasteiger partial charge is 0.262 e. The minimum Gasteiger partial charge on any atom is -0.334 e. The molecule has 104 valence electrons. The average Bonchev–Trinajstić information content (AvgIpc) is 2.72. The highest BCUT2D eigenvalue weighted by Gasteiger charge is 2.28. The van der Waals surface area contributed by atoms with Crippen LogP contribution in [0.15, 0.2) is 11.2 Å². The van der Waals surface area contributed by atoms with Crippen molar-refractivity contribution in [2.45, 2.75) is 25.4 Å². The summed E-state index contributed by atoms with van der Waals surface area (Å²) in [6.07, 6.45) is 1.62. The normalized spacial score (nSPS) is 17.4. The van der Waals surface area contributed by atoms with Crippen molar-refractivity contribution >= 4 is 22.4 Å². The van der Waals surface area contributed by atoms with Gasteiger partial charge >= 0.3 is 0 Å². The third kappa shape index (κ3) is 2.85. The number of aromatic nitrogens is 2. The number of nitrogens with one attached hydrogen (secondary N) is 1. The predicted molar refractivity (Wildman–Crippen MR) is 71.5 cm³/mol. The van der Waals surface area contributed by atoms with Crippen LogP contribution < -0.4 is 5.32 Å². The van der Waals surface area contributed by atoms with E-state index in [1.54, 1.807) is 6.20 Å². The van der Waals surface area contributed by atoms with E-state index in [2.05, 4.69) is 10.3 Å². The standard InChI is InChI=1S/C10H18N4O2S.ClH/c1-3-13-8-10(12-9(13)2)17(15,16)14-6-4-11-5-7-14;/h8,11H,3-7H2,1-2H3;1H. The lowest BCUT2D eigenvalue weighted by Crippen LogP contribution is -2.46. The fraction of sp³-hybridized carbons (Fsp3) is 0.700. The highest BCUT2D eigenvalue weighted by Crippen LogP contribution is 2.15. The monoisotopic (exact) mass is 294 g/mol. The number of piperazine rings is 1. The molecular formula is C10H19ClN4O2S. The van der Waals surface area contributed by atoms with Crippen molar-refractivity contribution in [1.82, 2.24) is 19.2 Å². The third-order valence-corrected chi connectivity index (χ3v) is 4.75. The fourth-order valence-electron chi connectivity index (χ4n) is 1.94. The average molecular weight is 295 g/mol. The van der Waals surface area contributed by atoms with Gasteiger partial charge < -0.3 is 9.88 Å². The second kappa shape index (κ2) is 6.01. The summed E-state index contributed by atoms with van der Waals surface area (Å²) in [5.74, 6) is 0.737. The molecule has 0 bridgehead atoms. The van der Waals surface area contributed by atoms with E-state index in [1.165, 1.54) is 4.31 Å². The van der Waals surface area contributed by atoms with E-state index in [0.29, 0.717) is 26.2 Å². The Morgan fingerprint density at radius 2 is 2.00 bits per heavy atom. The van der Waals surface area contributed by atoms with Gasteiger partial charge in [-0.2, -0.15) is 4.31 Å². The van der Waals surface area contributed by atoms with Crippen LogP contribution in [-0.4, -0.2) is 48.5 Å². The maximum absolute atomic E-state index is 12.3. The number of halogens is 1. The molecule has 1 aromatic heterocycles. The summed E-state index contributed by atoms with van der Waals surface area (Å²) in [4.78, 5) is 4.14. The molecule has 0 saturated carbocycles. The molecule has 1 aliphatic heterocycles. The van der Waals surface area contributed by atoms with E-state index in [1.807, 2.05) is 18.4 Å². The maximum atomic E-state index is 12.3. The van der Waals surface area contributed by atoms with Crippen molar-refractivity contribution in [2.75, 3.05) is 26.2 Å². The summed E-state index contributed by atoms with van der Waals surface area (Å²) in [7, 11) is -3.41. The van der Waals surface area contributed by atoms with Gasteiger partial charge in [0.05, 0.1) is 0 Å². The van der Waals surface area contributed by atoms with Gasteiger partial charge in [-0.25, -0.2) is 13.4 Å². The van der Waals surface area contributed by atoms with Crippen LogP contribution in [0.5, 0.6) is 0 Å². The number of hydrogen-bond acceptors (Lipinski definition) is 4. The van der Waals surface area contributed by atoms with E-state index < -0.39 is 10.0 Å². The number of rotatable bonds is 3. The van der Waals surface area contributed by atoms with Crippen LogP contribution >= 0.6 is 12.4 Å². The topological polar surface area (TPSA) is 67.2 Å². The third-order valence-electron chi connectivity index (χ3n) is 2.97. The van der Waals surface area contributed by atoms with Crippen LogP contribution in [0.3, 0.4) is 0 Å².